The number of halogens is 1. The molecule has 3 rings (SSSR count). The van der Waals surface area contributed by atoms with Crippen LogP contribution in [0.15, 0.2) is 24.3 Å². The lowest BCUT2D eigenvalue weighted by Gasteiger charge is -2.36. The van der Waals surface area contributed by atoms with E-state index in [9.17, 15) is 14.4 Å². The van der Waals surface area contributed by atoms with Gasteiger partial charge in [-0.25, -0.2) is 4.79 Å². The van der Waals surface area contributed by atoms with E-state index < -0.39 is 0 Å². The highest BCUT2D eigenvalue weighted by Crippen LogP contribution is 2.15. The molecular formula is C17H21ClN4O3. The fourth-order valence-electron chi connectivity index (χ4n) is 3.12. The first-order valence-electron chi connectivity index (χ1n) is 8.36. The lowest BCUT2D eigenvalue weighted by Crippen LogP contribution is -2.52. The Balaban J connectivity index is 1.52. The fraction of sp³-hybridized carbons (Fsp3) is 0.471. The number of likely N-dealkylation sites (N-methyl/N-ethyl adjacent to an activating group) is 1. The van der Waals surface area contributed by atoms with Crippen molar-refractivity contribution in [3.05, 3.63) is 34.9 Å². The Kier molecular flexibility index (Phi) is 5.24. The molecule has 2 aliphatic rings. The summed E-state index contributed by atoms with van der Waals surface area (Å²) in [5, 5.41) is 0.604. The number of amides is 4. The summed E-state index contributed by atoms with van der Waals surface area (Å²) in [4.78, 5) is 43.1. The summed E-state index contributed by atoms with van der Waals surface area (Å²) in [5.41, 5.74) is 0.622. The standard InChI is InChI=1S/C17H21ClN4O3/c1-2-22-15(23)11-21(17(22)25)12-19-7-9-20(10-8-19)16(24)13-3-5-14(18)6-4-13/h3-6H,2,7-12H2,1H3. The highest BCUT2D eigenvalue weighted by molar-refractivity contribution is 6.30. The van der Waals surface area contributed by atoms with E-state index >= 15 is 0 Å². The molecule has 0 radical (unpaired) electrons. The SMILES string of the molecule is CCN1C(=O)CN(CN2CCN(C(=O)c3ccc(Cl)cc3)CC2)C1=O. The van der Waals surface area contributed by atoms with Gasteiger partial charge in [0.15, 0.2) is 0 Å². The molecule has 0 aliphatic carbocycles. The maximum Gasteiger partial charge on any atom is 0.328 e. The topological polar surface area (TPSA) is 64.2 Å². The van der Waals surface area contributed by atoms with E-state index in [1.165, 1.54) is 4.90 Å². The highest BCUT2D eigenvalue weighted by atomic mass is 35.5. The average Bonchev–Trinajstić information content (AvgIpc) is 2.88. The molecule has 1 aromatic carbocycles. The third-order valence-electron chi connectivity index (χ3n) is 4.57. The zero-order valence-electron chi connectivity index (χ0n) is 14.2. The van der Waals surface area contributed by atoms with E-state index in [4.69, 9.17) is 11.6 Å². The van der Waals surface area contributed by atoms with Crippen molar-refractivity contribution in [2.75, 3.05) is 45.9 Å². The molecule has 0 N–H and O–H groups in total. The number of urea groups is 1. The van der Waals surface area contributed by atoms with E-state index in [-0.39, 0.29) is 24.4 Å². The molecule has 134 valence electrons. The molecule has 7 nitrogen and oxygen atoms in total. The third-order valence-corrected chi connectivity index (χ3v) is 4.82. The second-order valence-electron chi connectivity index (χ2n) is 6.18. The van der Waals surface area contributed by atoms with E-state index in [0.29, 0.717) is 50.0 Å². The van der Waals surface area contributed by atoms with Crippen molar-refractivity contribution >= 4 is 29.4 Å². The van der Waals surface area contributed by atoms with Crippen LogP contribution in [0.2, 0.25) is 5.02 Å². The van der Waals surface area contributed by atoms with Crippen LogP contribution in [0.3, 0.4) is 0 Å². The van der Waals surface area contributed by atoms with Crippen molar-refractivity contribution in [2.24, 2.45) is 0 Å². The first-order valence-corrected chi connectivity index (χ1v) is 8.74. The van der Waals surface area contributed by atoms with Crippen LogP contribution in [0.5, 0.6) is 0 Å². The monoisotopic (exact) mass is 364 g/mol. The normalized spacial score (nSPS) is 19.0. The number of rotatable bonds is 4. The highest BCUT2D eigenvalue weighted by Gasteiger charge is 2.36. The van der Waals surface area contributed by atoms with E-state index in [0.717, 1.165) is 0 Å². The van der Waals surface area contributed by atoms with Crippen molar-refractivity contribution in [3.63, 3.8) is 0 Å². The first-order chi connectivity index (χ1) is 12.0. The number of hydrogen-bond donors (Lipinski definition) is 0. The molecule has 2 heterocycles. The van der Waals surface area contributed by atoms with Gasteiger partial charge in [0.1, 0.15) is 6.54 Å². The second kappa shape index (κ2) is 7.41. The Bertz CT molecular complexity index is 671. The molecule has 1 aromatic rings. The van der Waals surface area contributed by atoms with Gasteiger partial charge < -0.3 is 9.80 Å². The molecule has 0 bridgehead atoms. The van der Waals surface area contributed by atoms with E-state index in [1.807, 2.05) is 0 Å². The largest absolute Gasteiger partial charge is 0.336 e. The van der Waals surface area contributed by atoms with Gasteiger partial charge in [-0.1, -0.05) is 11.6 Å². The number of benzene rings is 1. The minimum absolute atomic E-state index is 0.0131. The Morgan fingerprint density at radius 3 is 2.28 bits per heavy atom. The third kappa shape index (κ3) is 3.77. The zero-order chi connectivity index (χ0) is 18.0. The minimum atomic E-state index is -0.229. The van der Waals surface area contributed by atoms with Crippen molar-refractivity contribution < 1.29 is 14.4 Å². The van der Waals surface area contributed by atoms with Gasteiger partial charge in [0.2, 0.25) is 5.91 Å². The molecule has 2 aliphatic heterocycles. The number of carbonyl (C=O) groups is 3. The lowest BCUT2D eigenvalue weighted by atomic mass is 10.2. The van der Waals surface area contributed by atoms with Crippen LogP contribution in [-0.2, 0) is 4.79 Å². The Morgan fingerprint density at radius 1 is 1.08 bits per heavy atom. The summed E-state index contributed by atoms with van der Waals surface area (Å²) in [6.45, 7) is 5.27. The summed E-state index contributed by atoms with van der Waals surface area (Å²) in [5.74, 6) is -0.162. The molecule has 2 fully saturated rings. The Labute approximate surface area is 151 Å². The summed E-state index contributed by atoms with van der Waals surface area (Å²) < 4.78 is 0. The number of piperazine rings is 1. The predicted octanol–water partition coefficient (Wildman–Crippen LogP) is 1.34. The number of nitrogens with zero attached hydrogens (tertiary/aromatic N) is 4. The van der Waals surface area contributed by atoms with E-state index in [2.05, 4.69) is 4.90 Å². The van der Waals surface area contributed by atoms with Crippen LogP contribution in [0.4, 0.5) is 4.79 Å². The molecular weight excluding hydrogens is 344 g/mol. The second-order valence-corrected chi connectivity index (χ2v) is 6.61. The van der Waals surface area contributed by atoms with Crippen molar-refractivity contribution in [2.45, 2.75) is 6.92 Å². The average molecular weight is 365 g/mol. The molecule has 0 spiro atoms. The van der Waals surface area contributed by atoms with Gasteiger partial charge in [-0.05, 0) is 31.2 Å². The van der Waals surface area contributed by atoms with Crippen LogP contribution in [-0.4, -0.2) is 83.4 Å². The van der Waals surface area contributed by atoms with Crippen molar-refractivity contribution in [1.29, 1.82) is 0 Å². The lowest BCUT2D eigenvalue weighted by molar-refractivity contribution is -0.125. The zero-order valence-corrected chi connectivity index (χ0v) is 14.9. The summed E-state index contributed by atoms with van der Waals surface area (Å²) in [6.07, 6.45) is 0. The molecule has 2 saturated heterocycles. The van der Waals surface area contributed by atoms with Gasteiger partial charge in [0.05, 0.1) is 6.67 Å². The molecule has 0 unspecified atom stereocenters. The summed E-state index contributed by atoms with van der Waals surface area (Å²) >= 11 is 5.85. The van der Waals surface area contributed by atoms with Crippen LogP contribution < -0.4 is 0 Å². The van der Waals surface area contributed by atoms with Gasteiger partial charge in [0.25, 0.3) is 5.91 Å². The quantitative estimate of drug-likeness (QED) is 0.756. The van der Waals surface area contributed by atoms with Crippen LogP contribution >= 0.6 is 11.6 Å². The minimum Gasteiger partial charge on any atom is -0.336 e. The smallest absolute Gasteiger partial charge is 0.328 e. The Morgan fingerprint density at radius 2 is 1.72 bits per heavy atom. The van der Waals surface area contributed by atoms with Crippen LogP contribution in [0.25, 0.3) is 0 Å². The number of carbonyl (C=O) groups excluding carboxylic acids is 3. The molecule has 0 aromatic heterocycles. The summed E-state index contributed by atoms with van der Waals surface area (Å²) in [6, 6.07) is 6.64. The summed E-state index contributed by atoms with van der Waals surface area (Å²) in [7, 11) is 0. The van der Waals surface area contributed by atoms with Gasteiger partial charge in [-0.15, -0.1) is 0 Å². The number of hydrogen-bond acceptors (Lipinski definition) is 4. The molecule has 25 heavy (non-hydrogen) atoms. The van der Waals surface area contributed by atoms with Gasteiger partial charge >= 0.3 is 6.03 Å². The molecule has 8 heteroatoms. The van der Waals surface area contributed by atoms with Crippen molar-refractivity contribution in [1.82, 2.24) is 19.6 Å². The van der Waals surface area contributed by atoms with Gasteiger partial charge in [-0.2, -0.15) is 0 Å². The maximum absolute atomic E-state index is 12.5. The number of imide groups is 1. The molecule has 4 amide bonds. The van der Waals surface area contributed by atoms with Crippen molar-refractivity contribution in [3.8, 4) is 0 Å². The molecule has 0 saturated carbocycles. The Hall–Kier alpha value is -2.12. The molecule has 0 atom stereocenters. The first kappa shape index (κ1) is 17.7. The fourth-order valence-corrected chi connectivity index (χ4v) is 3.25. The van der Waals surface area contributed by atoms with Gasteiger partial charge in [-0.3, -0.25) is 19.4 Å². The van der Waals surface area contributed by atoms with Gasteiger partial charge in [0, 0.05) is 43.3 Å². The maximum atomic E-state index is 12.5. The van der Waals surface area contributed by atoms with Crippen LogP contribution in [0, 0.1) is 0 Å². The predicted molar refractivity (Wildman–Crippen MR) is 93.3 cm³/mol. The van der Waals surface area contributed by atoms with Crippen LogP contribution in [0.1, 0.15) is 17.3 Å². The van der Waals surface area contributed by atoms with E-state index in [1.54, 1.807) is 41.0 Å².